The summed E-state index contributed by atoms with van der Waals surface area (Å²) in [6.45, 7) is 3.57. The van der Waals surface area contributed by atoms with Crippen molar-refractivity contribution < 1.29 is 8.42 Å². The van der Waals surface area contributed by atoms with Crippen LogP contribution in [0.3, 0.4) is 0 Å². The monoisotopic (exact) mass is 387 g/mol. The molecule has 0 aromatic heterocycles. The van der Waals surface area contributed by atoms with E-state index in [0.29, 0.717) is 10.6 Å². The molecule has 0 aliphatic rings. The minimum Gasteiger partial charge on any atom is -0.207 e. The molecule has 1 unspecified atom stereocenters. The minimum absolute atomic E-state index is 0.276. The summed E-state index contributed by atoms with van der Waals surface area (Å²) >= 11 is 9.14. The Morgan fingerprint density at radius 2 is 1.76 bits per heavy atom. The first-order valence-electron chi connectivity index (χ1n) is 6.33. The summed E-state index contributed by atoms with van der Waals surface area (Å²) < 4.78 is 28.4. The molecule has 0 bridgehead atoms. The zero-order valence-electron chi connectivity index (χ0n) is 11.6. The van der Waals surface area contributed by atoms with E-state index in [1.807, 2.05) is 18.2 Å². The maximum Gasteiger partial charge on any atom is 0.241 e. The highest BCUT2D eigenvalue weighted by molar-refractivity contribution is 9.10. The van der Waals surface area contributed by atoms with Gasteiger partial charge in [-0.2, -0.15) is 0 Å². The van der Waals surface area contributed by atoms with Crippen molar-refractivity contribution in [3.05, 3.63) is 63.1 Å². The van der Waals surface area contributed by atoms with E-state index < -0.39 is 10.0 Å². The second kappa shape index (κ2) is 6.48. The Bertz CT molecular complexity index is 745. The van der Waals surface area contributed by atoms with Crippen LogP contribution in [0.4, 0.5) is 0 Å². The molecule has 0 aliphatic carbocycles. The maximum atomic E-state index is 12.5. The number of nitrogens with one attached hydrogen (secondary N) is 1. The highest BCUT2D eigenvalue weighted by Gasteiger charge is 2.20. The quantitative estimate of drug-likeness (QED) is 0.841. The Labute approximate surface area is 138 Å². The van der Waals surface area contributed by atoms with Gasteiger partial charge in [-0.1, -0.05) is 45.7 Å². The van der Waals surface area contributed by atoms with Gasteiger partial charge in [0, 0.05) is 15.5 Å². The van der Waals surface area contributed by atoms with Crippen molar-refractivity contribution in [2.75, 3.05) is 0 Å². The second-order valence-electron chi connectivity index (χ2n) is 4.80. The maximum absolute atomic E-state index is 12.5. The molecule has 2 rings (SSSR count). The molecule has 112 valence electrons. The third-order valence-corrected chi connectivity index (χ3v) is 5.57. The molecule has 0 saturated carbocycles. The normalized spacial score (nSPS) is 13.1. The van der Waals surface area contributed by atoms with Gasteiger partial charge in [0.1, 0.15) is 0 Å². The van der Waals surface area contributed by atoms with Gasteiger partial charge < -0.3 is 0 Å². The predicted molar refractivity (Wildman–Crippen MR) is 89.1 cm³/mol. The summed E-state index contributed by atoms with van der Waals surface area (Å²) in [6.07, 6.45) is 0. The fourth-order valence-corrected chi connectivity index (χ4v) is 4.12. The van der Waals surface area contributed by atoms with Crippen LogP contribution in [-0.4, -0.2) is 8.42 Å². The Hall–Kier alpha value is -0.880. The van der Waals surface area contributed by atoms with Crippen LogP contribution in [0.5, 0.6) is 0 Å². The SMILES string of the molecule is Cc1ccc(Br)cc1S(=O)(=O)NC(C)c1ccc(Cl)cc1. The fourth-order valence-electron chi connectivity index (χ4n) is 1.98. The van der Waals surface area contributed by atoms with E-state index in [9.17, 15) is 8.42 Å². The van der Waals surface area contributed by atoms with E-state index >= 15 is 0 Å². The average Bonchev–Trinajstić information content (AvgIpc) is 2.41. The summed E-state index contributed by atoms with van der Waals surface area (Å²) in [4.78, 5) is 0.276. The van der Waals surface area contributed by atoms with Crippen molar-refractivity contribution in [1.29, 1.82) is 0 Å². The number of hydrogen-bond donors (Lipinski definition) is 1. The number of aryl methyl sites for hydroxylation is 1. The third-order valence-electron chi connectivity index (χ3n) is 3.14. The van der Waals surface area contributed by atoms with Gasteiger partial charge in [-0.05, 0) is 49.2 Å². The first kappa shape index (κ1) is 16.5. The fraction of sp³-hybridized carbons (Fsp3) is 0.200. The van der Waals surface area contributed by atoms with Crippen molar-refractivity contribution >= 4 is 37.6 Å². The van der Waals surface area contributed by atoms with Crippen LogP contribution in [0.25, 0.3) is 0 Å². The summed E-state index contributed by atoms with van der Waals surface area (Å²) in [5.74, 6) is 0. The number of hydrogen-bond acceptors (Lipinski definition) is 2. The molecule has 0 amide bonds. The lowest BCUT2D eigenvalue weighted by molar-refractivity contribution is 0.566. The second-order valence-corrected chi connectivity index (χ2v) is 7.84. The number of sulfonamides is 1. The van der Waals surface area contributed by atoms with E-state index in [1.54, 1.807) is 38.1 Å². The first-order valence-corrected chi connectivity index (χ1v) is 8.99. The molecule has 0 saturated heterocycles. The highest BCUT2D eigenvalue weighted by Crippen LogP contribution is 2.23. The molecular weight excluding hydrogens is 374 g/mol. The number of benzene rings is 2. The lowest BCUT2D eigenvalue weighted by Crippen LogP contribution is -2.27. The van der Waals surface area contributed by atoms with Crippen LogP contribution in [-0.2, 0) is 10.0 Å². The van der Waals surface area contributed by atoms with Gasteiger partial charge >= 0.3 is 0 Å². The van der Waals surface area contributed by atoms with Crippen LogP contribution >= 0.6 is 27.5 Å². The zero-order valence-corrected chi connectivity index (χ0v) is 14.8. The summed E-state index contributed by atoms with van der Waals surface area (Å²) in [6, 6.07) is 11.9. The van der Waals surface area contributed by atoms with Crippen LogP contribution < -0.4 is 4.72 Å². The Morgan fingerprint density at radius 3 is 2.38 bits per heavy atom. The molecular formula is C15H15BrClNO2S. The standard InChI is InChI=1S/C15H15BrClNO2S/c1-10-3-6-13(16)9-15(10)21(19,20)18-11(2)12-4-7-14(17)8-5-12/h3-9,11,18H,1-2H3. The van der Waals surface area contributed by atoms with Gasteiger partial charge in [-0.3, -0.25) is 0 Å². The van der Waals surface area contributed by atoms with Crippen molar-refractivity contribution in [3.8, 4) is 0 Å². The number of halogens is 2. The molecule has 1 atom stereocenters. The summed E-state index contributed by atoms with van der Waals surface area (Å²) in [7, 11) is -3.58. The van der Waals surface area contributed by atoms with Crippen molar-refractivity contribution in [3.63, 3.8) is 0 Å². The van der Waals surface area contributed by atoms with Crippen LogP contribution in [0.1, 0.15) is 24.1 Å². The molecule has 0 aliphatic heterocycles. The van der Waals surface area contributed by atoms with Gasteiger partial charge in [0.2, 0.25) is 10.0 Å². The van der Waals surface area contributed by atoms with Crippen LogP contribution in [0.2, 0.25) is 5.02 Å². The third kappa shape index (κ3) is 4.07. The van der Waals surface area contributed by atoms with Crippen LogP contribution in [0, 0.1) is 6.92 Å². The Kier molecular flexibility index (Phi) is 5.09. The van der Waals surface area contributed by atoms with Gasteiger partial charge in [0.15, 0.2) is 0 Å². The van der Waals surface area contributed by atoms with Crippen molar-refractivity contribution in [2.24, 2.45) is 0 Å². The Balaban J connectivity index is 2.28. The lowest BCUT2D eigenvalue weighted by atomic mass is 10.1. The average molecular weight is 389 g/mol. The van der Waals surface area contributed by atoms with E-state index in [2.05, 4.69) is 20.7 Å². The van der Waals surface area contributed by atoms with Gasteiger partial charge in [-0.25, -0.2) is 13.1 Å². The van der Waals surface area contributed by atoms with E-state index in [-0.39, 0.29) is 10.9 Å². The van der Waals surface area contributed by atoms with E-state index in [0.717, 1.165) is 10.0 Å². The largest absolute Gasteiger partial charge is 0.241 e. The predicted octanol–water partition coefficient (Wildman–Crippen LogP) is 4.45. The van der Waals surface area contributed by atoms with Crippen molar-refractivity contribution in [2.45, 2.75) is 24.8 Å². The molecule has 0 heterocycles. The first-order chi connectivity index (χ1) is 9.79. The smallest absolute Gasteiger partial charge is 0.207 e. The van der Waals surface area contributed by atoms with Gasteiger partial charge in [-0.15, -0.1) is 0 Å². The Morgan fingerprint density at radius 1 is 1.14 bits per heavy atom. The lowest BCUT2D eigenvalue weighted by Gasteiger charge is -2.16. The molecule has 0 fully saturated rings. The zero-order chi connectivity index (χ0) is 15.6. The summed E-state index contributed by atoms with van der Waals surface area (Å²) in [5.41, 5.74) is 1.56. The highest BCUT2D eigenvalue weighted by atomic mass is 79.9. The van der Waals surface area contributed by atoms with E-state index in [1.165, 1.54) is 0 Å². The van der Waals surface area contributed by atoms with E-state index in [4.69, 9.17) is 11.6 Å². The van der Waals surface area contributed by atoms with Gasteiger partial charge in [0.25, 0.3) is 0 Å². The minimum atomic E-state index is -3.58. The van der Waals surface area contributed by atoms with Gasteiger partial charge in [0.05, 0.1) is 4.90 Å². The molecule has 0 radical (unpaired) electrons. The molecule has 21 heavy (non-hydrogen) atoms. The molecule has 2 aromatic rings. The van der Waals surface area contributed by atoms with Crippen LogP contribution in [0.15, 0.2) is 51.8 Å². The summed E-state index contributed by atoms with van der Waals surface area (Å²) in [5, 5.41) is 0.622. The molecule has 1 N–H and O–H groups in total. The topological polar surface area (TPSA) is 46.2 Å². The molecule has 6 heteroatoms. The van der Waals surface area contributed by atoms with Crippen molar-refractivity contribution in [1.82, 2.24) is 4.72 Å². The molecule has 2 aromatic carbocycles. The molecule has 3 nitrogen and oxygen atoms in total. The molecule has 0 spiro atoms. The number of rotatable bonds is 4.